The first-order valence-electron chi connectivity index (χ1n) is 15.2. The molecule has 4 unspecified atom stereocenters. The number of aliphatic hydroxyl groups is 2. The lowest BCUT2D eigenvalue weighted by Gasteiger charge is -2.60. The fraction of sp³-hybridized carbons (Fsp3) is 0.767. The molecule has 0 aromatic carbocycles. The maximum absolute atomic E-state index is 13.6. The number of rotatable bonds is 12. The number of thioether (sulfide) groups is 1. The summed E-state index contributed by atoms with van der Waals surface area (Å²) in [5, 5.41) is 34.7. The van der Waals surface area contributed by atoms with Crippen LogP contribution in [0.2, 0.25) is 0 Å². The summed E-state index contributed by atoms with van der Waals surface area (Å²) in [5.74, 6) is -2.29. The lowest BCUT2D eigenvalue weighted by Crippen LogP contribution is -2.62. The normalized spacial score (nSPS) is 34.8. The van der Waals surface area contributed by atoms with Gasteiger partial charge >= 0.3 is 5.97 Å². The van der Waals surface area contributed by atoms with E-state index in [4.69, 9.17) is 4.74 Å². The zero-order chi connectivity index (χ0) is 32.4. The van der Waals surface area contributed by atoms with Crippen LogP contribution in [0.5, 0.6) is 0 Å². The monoisotopic (exact) mass is 638 g/mol. The minimum Gasteiger partial charge on any atom is -0.456 e. The number of fused-ring (bicyclic) bond motifs is 5. The molecule has 8 atom stereocenters. The number of carbonyl (C=O) groups excluding carboxylic acids is 5. The molecule has 0 spiro atoms. The van der Waals surface area contributed by atoms with E-state index in [0.29, 0.717) is 19.3 Å². The quantitative estimate of drug-likeness (QED) is 0.122. The van der Waals surface area contributed by atoms with Gasteiger partial charge in [-0.25, -0.2) is 4.79 Å². The second kappa shape index (κ2) is 13.3. The standard InChI is InChI=1S/C30H42N2O11S/c1-17(33)31-22(16-44-25(37)5-4-12-43-32(40)41)27(38)42-15-24(36)30(39)11-9-21-20-7-6-18-13-19(34)8-10-28(18,2)26(20)23(35)14-29(21,30)3/h13,20-23,26,35,39H,4-12,14-16H2,1-3H3,(H,31,33)/t20?,21?,22?,23-,26?,28-,29-,30-/m0/s1. The van der Waals surface area contributed by atoms with E-state index in [2.05, 4.69) is 17.1 Å². The van der Waals surface area contributed by atoms with Gasteiger partial charge in [-0.1, -0.05) is 31.2 Å². The van der Waals surface area contributed by atoms with E-state index in [1.54, 1.807) is 6.08 Å². The number of ketones is 2. The van der Waals surface area contributed by atoms with Crippen molar-refractivity contribution in [1.82, 2.24) is 5.32 Å². The van der Waals surface area contributed by atoms with E-state index in [1.807, 2.05) is 6.92 Å². The fourth-order valence-corrected chi connectivity index (χ4v) is 9.39. The van der Waals surface area contributed by atoms with Crippen LogP contribution in [0, 0.1) is 38.7 Å². The van der Waals surface area contributed by atoms with Gasteiger partial charge in [0, 0.05) is 30.9 Å². The number of nitrogens with zero attached hydrogens (tertiary/aromatic N) is 1. The summed E-state index contributed by atoms with van der Waals surface area (Å²) in [7, 11) is 0. The Hall–Kier alpha value is -2.84. The van der Waals surface area contributed by atoms with E-state index in [-0.39, 0.29) is 72.1 Å². The Balaban J connectivity index is 1.39. The lowest BCUT2D eigenvalue weighted by molar-refractivity contribution is -0.757. The number of aliphatic hydroxyl groups excluding tert-OH is 1. The predicted octanol–water partition coefficient (Wildman–Crippen LogP) is 2.09. The molecule has 3 N–H and O–H groups in total. The molecule has 0 aliphatic heterocycles. The Morgan fingerprint density at radius 3 is 2.61 bits per heavy atom. The molecule has 14 heteroatoms. The third-order valence-electron chi connectivity index (χ3n) is 10.7. The Morgan fingerprint density at radius 1 is 1.20 bits per heavy atom. The van der Waals surface area contributed by atoms with Crippen LogP contribution < -0.4 is 5.32 Å². The SMILES string of the molecule is CC(=O)NC(CSC(=O)CCCO[N+](=O)[O-])C(=O)OCC(=O)[C@@]1(O)CCC2C3CCC4=CC(=O)CC[C@]4(C)C3[C@@H](O)C[C@@]21C. The van der Waals surface area contributed by atoms with Gasteiger partial charge in [0.2, 0.25) is 11.7 Å². The molecule has 0 bridgehead atoms. The van der Waals surface area contributed by atoms with E-state index in [9.17, 15) is 44.3 Å². The van der Waals surface area contributed by atoms with Gasteiger partial charge in [0.1, 0.15) is 11.6 Å². The lowest BCUT2D eigenvalue weighted by atomic mass is 9.45. The Bertz CT molecular complexity index is 1240. The molecule has 3 fully saturated rings. The van der Waals surface area contributed by atoms with Crippen molar-refractivity contribution in [2.24, 2.45) is 28.6 Å². The van der Waals surface area contributed by atoms with Crippen molar-refractivity contribution in [2.75, 3.05) is 19.0 Å². The molecular formula is C30H42N2O11S. The van der Waals surface area contributed by atoms with Crippen LogP contribution >= 0.6 is 11.8 Å². The highest BCUT2D eigenvalue weighted by Crippen LogP contribution is 2.67. The number of hydrogen-bond donors (Lipinski definition) is 3. The molecule has 3 saturated carbocycles. The Kier molecular flexibility index (Phi) is 10.3. The maximum atomic E-state index is 13.6. The number of carbonyl (C=O) groups is 5. The fourth-order valence-electron chi connectivity index (χ4n) is 8.52. The van der Waals surface area contributed by atoms with Crippen molar-refractivity contribution < 1.29 is 48.8 Å². The van der Waals surface area contributed by atoms with Gasteiger partial charge in [0.15, 0.2) is 17.5 Å². The average Bonchev–Trinajstić information content (AvgIpc) is 3.22. The zero-order valence-corrected chi connectivity index (χ0v) is 26.2. The molecule has 1 amide bonds. The molecule has 4 aliphatic carbocycles. The molecule has 0 heterocycles. The van der Waals surface area contributed by atoms with Crippen molar-refractivity contribution in [3.05, 3.63) is 21.8 Å². The number of hydrogen-bond acceptors (Lipinski definition) is 12. The summed E-state index contributed by atoms with van der Waals surface area (Å²) >= 11 is 0.740. The first kappa shape index (κ1) is 34.0. The number of allylic oxidation sites excluding steroid dienone is 1. The summed E-state index contributed by atoms with van der Waals surface area (Å²) in [4.78, 5) is 76.8. The molecule has 13 nitrogen and oxygen atoms in total. The van der Waals surface area contributed by atoms with Crippen molar-refractivity contribution in [3.8, 4) is 0 Å². The molecular weight excluding hydrogens is 596 g/mol. The maximum Gasteiger partial charge on any atom is 0.329 e. The van der Waals surface area contributed by atoms with Crippen molar-refractivity contribution >= 4 is 40.3 Å². The summed E-state index contributed by atoms with van der Waals surface area (Å²) < 4.78 is 5.27. The number of amides is 1. The highest BCUT2D eigenvalue weighted by molar-refractivity contribution is 8.13. The molecule has 44 heavy (non-hydrogen) atoms. The number of Topliss-reactive ketones (excluding diaryl/α,β-unsaturated/α-hetero) is 1. The molecule has 0 aromatic heterocycles. The van der Waals surface area contributed by atoms with Gasteiger partial charge in [-0.2, -0.15) is 0 Å². The predicted molar refractivity (Wildman–Crippen MR) is 156 cm³/mol. The van der Waals surface area contributed by atoms with Gasteiger partial charge in [0.25, 0.3) is 5.09 Å². The third kappa shape index (κ3) is 6.57. The van der Waals surface area contributed by atoms with Gasteiger partial charge < -0.3 is 25.1 Å². The van der Waals surface area contributed by atoms with Crippen LogP contribution in [0.25, 0.3) is 0 Å². The van der Waals surface area contributed by atoms with Crippen molar-refractivity contribution in [2.45, 2.75) is 96.3 Å². The molecule has 0 aromatic rings. The second-order valence-electron chi connectivity index (χ2n) is 13.1. The molecule has 244 valence electrons. The van der Waals surface area contributed by atoms with E-state index >= 15 is 0 Å². The number of ether oxygens (including phenoxy) is 1. The highest BCUT2D eigenvalue weighted by Gasteiger charge is 2.68. The van der Waals surface area contributed by atoms with Gasteiger partial charge in [0.05, 0.1) is 12.7 Å². The zero-order valence-electron chi connectivity index (χ0n) is 25.4. The van der Waals surface area contributed by atoms with Crippen LogP contribution in [-0.2, 0) is 33.5 Å². The summed E-state index contributed by atoms with van der Waals surface area (Å²) in [6.45, 7) is 4.16. The second-order valence-corrected chi connectivity index (χ2v) is 14.2. The van der Waals surface area contributed by atoms with E-state index in [1.165, 1.54) is 6.92 Å². The average molecular weight is 639 g/mol. The van der Waals surface area contributed by atoms with Crippen molar-refractivity contribution in [1.29, 1.82) is 0 Å². The largest absolute Gasteiger partial charge is 0.456 e. The van der Waals surface area contributed by atoms with Crippen LogP contribution in [0.15, 0.2) is 11.6 Å². The topological polar surface area (TPSA) is 199 Å². The number of nitrogens with one attached hydrogen (secondary N) is 1. The van der Waals surface area contributed by atoms with E-state index in [0.717, 1.165) is 30.2 Å². The number of esters is 1. The minimum absolute atomic E-state index is 0.0400. The Morgan fingerprint density at radius 2 is 1.93 bits per heavy atom. The van der Waals surface area contributed by atoms with Crippen LogP contribution in [0.1, 0.15) is 78.6 Å². The van der Waals surface area contributed by atoms with Gasteiger partial charge in [-0.15, -0.1) is 10.1 Å². The van der Waals surface area contributed by atoms with Crippen LogP contribution in [-0.4, -0.2) is 80.6 Å². The van der Waals surface area contributed by atoms with E-state index < -0.39 is 52.5 Å². The molecule has 4 rings (SSSR count). The van der Waals surface area contributed by atoms with Crippen LogP contribution in [0.4, 0.5) is 0 Å². The first-order valence-corrected chi connectivity index (χ1v) is 16.1. The van der Waals surface area contributed by atoms with Gasteiger partial charge in [-0.3, -0.25) is 19.2 Å². The highest BCUT2D eigenvalue weighted by atomic mass is 32.2. The molecule has 4 aliphatic rings. The minimum atomic E-state index is -1.83. The first-order chi connectivity index (χ1) is 20.6. The smallest absolute Gasteiger partial charge is 0.329 e. The molecule has 0 radical (unpaired) electrons. The summed E-state index contributed by atoms with van der Waals surface area (Å²) in [6.07, 6.45) is 4.57. The third-order valence-corrected chi connectivity index (χ3v) is 11.7. The van der Waals surface area contributed by atoms with Gasteiger partial charge in [-0.05, 0) is 74.2 Å². The van der Waals surface area contributed by atoms with Crippen LogP contribution in [0.3, 0.4) is 0 Å². The molecule has 0 saturated heterocycles. The summed E-state index contributed by atoms with van der Waals surface area (Å²) in [6, 6.07) is -1.24. The summed E-state index contributed by atoms with van der Waals surface area (Å²) in [5.41, 5.74) is -1.99. The van der Waals surface area contributed by atoms with Crippen molar-refractivity contribution in [3.63, 3.8) is 0 Å². The Labute approximate surface area is 260 Å².